The summed E-state index contributed by atoms with van der Waals surface area (Å²) in [6.07, 6.45) is 4.08. The lowest BCUT2D eigenvalue weighted by atomic mass is 9.79. The van der Waals surface area contributed by atoms with Crippen molar-refractivity contribution in [2.45, 2.75) is 31.6 Å². The molecule has 0 saturated carbocycles. The minimum absolute atomic E-state index is 0.0612. The fourth-order valence-corrected chi connectivity index (χ4v) is 4.20. The Labute approximate surface area is 145 Å². The van der Waals surface area contributed by atoms with E-state index in [4.69, 9.17) is 5.73 Å². The molecule has 1 aliphatic heterocycles. The van der Waals surface area contributed by atoms with Gasteiger partial charge >= 0.3 is 0 Å². The van der Waals surface area contributed by atoms with Crippen LogP contribution in [0.15, 0.2) is 36.5 Å². The Balaban J connectivity index is 1.82. The quantitative estimate of drug-likeness (QED) is 0.905. The minimum Gasteiger partial charge on any atom is -0.369 e. The molecule has 1 fully saturated rings. The molecule has 6 heteroatoms. The van der Waals surface area contributed by atoms with Gasteiger partial charge in [-0.25, -0.2) is 4.98 Å². The van der Waals surface area contributed by atoms with Gasteiger partial charge in [0.05, 0.1) is 16.6 Å². The van der Waals surface area contributed by atoms with E-state index in [1.807, 2.05) is 30.3 Å². The van der Waals surface area contributed by atoms with Crippen LogP contribution in [0, 0.1) is 0 Å². The summed E-state index contributed by atoms with van der Waals surface area (Å²) in [6.45, 7) is 2.94. The first-order chi connectivity index (χ1) is 11.6. The molecule has 3 rings (SSSR count). The van der Waals surface area contributed by atoms with E-state index >= 15 is 0 Å². The van der Waals surface area contributed by atoms with Crippen molar-refractivity contribution in [3.63, 3.8) is 0 Å². The van der Waals surface area contributed by atoms with Crippen LogP contribution in [0.2, 0.25) is 0 Å². The summed E-state index contributed by atoms with van der Waals surface area (Å²) in [5.41, 5.74) is 5.80. The van der Waals surface area contributed by atoms with Crippen molar-refractivity contribution in [3.05, 3.63) is 52.0 Å². The Bertz CT molecular complexity index is 744. The predicted molar refractivity (Wildman–Crippen MR) is 93.9 cm³/mol. The van der Waals surface area contributed by atoms with Gasteiger partial charge in [0.2, 0.25) is 5.91 Å². The van der Waals surface area contributed by atoms with E-state index in [9.17, 15) is 9.59 Å². The number of hydrogen-bond donors (Lipinski definition) is 1. The van der Waals surface area contributed by atoms with Crippen LogP contribution in [0.5, 0.6) is 0 Å². The SMILES string of the molecule is CCCc1ncc(C(=O)N2CCC(C(N)=O)(c3ccccc3)C2)s1. The maximum Gasteiger partial charge on any atom is 0.265 e. The van der Waals surface area contributed by atoms with Gasteiger partial charge in [0.1, 0.15) is 4.88 Å². The molecule has 0 radical (unpaired) electrons. The Kier molecular flexibility index (Phi) is 4.66. The van der Waals surface area contributed by atoms with Crippen LogP contribution >= 0.6 is 11.3 Å². The van der Waals surface area contributed by atoms with Crippen molar-refractivity contribution in [2.75, 3.05) is 13.1 Å². The zero-order valence-electron chi connectivity index (χ0n) is 13.7. The smallest absolute Gasteiger partial charge is 0.265 e. The molecule has 1 unspecified atom stereocenters. The van der Waals surface area contributed by atoms with Crippen molar-refractivity contribution < 1.29 is 9.59 Å². The highest BCUT2D eigenvalue weighted by atomic mass is 32.1. The normalized spacial score (nSPS) is 20.3. The molecule has 2 amide bonds. The lowest BCUT2D eigenvalue weighted by Gasteiger charge is -2.26. The van der Waals surface area contributed by atoms with Crippen molar-refractivity contribution in [2.24, 2.45) is 5.73 Å². The average molecular weight is 343 g/mol. The van der Waals surface area contributed by atoms with Gasteiger partial charge in [-0.3, -0.25) is 9.59 Å². The monoisotopic (exact) mass is 343 g/mol. The topological polar surface area (TPSA) is 76.3 Å². The lowest BCUT2D eigenvalue weighted by Crippen LogP contribution is -2.44. The first-order valence-electron chi connectivity index (χ1n) is 8.16. The molecule has 1 aliphatic rings. The van der Waals surface area contributed by atoms with Gasteiger partial charge in [-0.2, -0.15) is 0 Å². The summed E-state index contributed by atoms with van der Waals surface area (Å²) in [4.78, 5) is 31.6. The molecule has 1 saturated heterocycles. The highest BCUT2D eigenvalue weighted by Gasteiger charge is 2.46. The van der Waals surface area contributed by atoms with E-state index in [0.717, 1.165) is 23.4 Å². The molecule has 1 atom stereocenters. The number of benzene rings is 1. The van der Waals surface area contributed by atoms with Crippen molar-refractivity contribution in [3.8, 4) is 0 Å². The molecular weight excluding hydrogens is 322 g/mol. The minimum atomic E-state index is -0.798. The molecule has 0 spiro atoms. The molecule has 2 aromatic rings. The second kappa shape index (κ2) is 6.73. The highest BCUT2D eigenvalue weighted by Crippen LogP contribution is 2.35. The van der Waals surface area contributed by atoms with Gasteiger partial charge in [-0.05, 0) is 24.8 Å². The summed E-state index contributed by atoms with van der Waals surface area (Å²) in [7, 11) is 0. The number of amides is 2. The highest BCUT2D eigenvalue weighted by molar-refractivity contribution is 7.13. The van der Waals surface area contributed by atoms with Crippen LogP contribution in [0.4, 0.5) is 0 Å². The van der Waals surface area contributed by atoms with Crippen molar-refractivity contribution in [1.29, 1.82) is 0 Å². The van der Waals surface area contributed by atoms with Gasteiger partial charge < -0.3 is 10.6 Å². The van der Waals surface area contributed by atoms with Crippen LogP contribution in [-0.2, 0) is 16.6 Å². The van der Waals surface area contributed by atoms with Crippen molar-refractivity contribution in [1.82, 2.24) is 9.88 Å². The number of carbonyl (C=O) groups is 2. The third-order valence-electron chi connectivity index (χ3n) is 4.58. The molecule has 1 aromatic heterocycles. The van der Waals surface area contributed by atoms with Gasteiger partial charge in [0.15, 0.2) is 0 Å². The van der Waals surface area contributed by atoms with Crippen LogP contribution in [0.1, 0.15) is 40.0 Å². The summed E-state index contributed by atoms with van der Waals surface area (Å²) in [6, 6.07) is 9.51. The standard InChI is InChI=1S/C18H21N3O2S/c1-2-6-15-20-11-14(24-15)16(22)21-10-9-18(12-21,17(19)23)13-7-4-3-5-8-13/h3-5,7-8,11H,2,6,9-10,12H2,1H3,(H2,19,23). The zero-order chi connectivity index (χ0) is 17.2. The first kappa shape index (κ1) is 16.6. The zero-order valence-corrected chi connectivity index (χ0v) is 14.5. The number of thiazole rings is 1. The lowest BCUT2D eigenvalue weighted by molar-refractivity contribution is -0.123. The van der Waals surface area contributed by atoms with Crippen LogP contribution < -0.4 is 5.73 Å². The van der Waals surface area contributed by atoms with E-state index in [-0.39, 0.29) is 11.8 Å². The summed E-state index contributed by atoms with van der Waals surface area (Å²) in [5, 5.41) is 0.976. The summed E-state index contributed by atoms with van der Waals surface area (Å²) >= 11 is 1.44. The van der Waals surface area contributed by atoms with Crippen LogP contribution in [0.3, 0.4) is 0 Å². The number of aryl methyl sites for hydroxylation is 1. The fourth-order valence-electron chi connectivity index (χ4n) is 3.21. The second-order valence-corrected chi connectivity index (χ2v) is 7.27. The Morgan fingerprint density at radius 1 is 1.33 bits per heavy atom. The number of rotatable bonds is 5. The van der Waals surface area contributed by atoms with E-state index in [0.29, 0.717) is 24.4 Å². The molecular formula is C18H21N3O2S. The summed E-state index contributed by atoms with van der Waals surface area (Å²) in [5.74, 6) is -0.436. The molecule has 24 heavy (non-hydrogen) atoms. The first-order valence-corrected chi connectivity index (χ1v) is 8.98. The number of hydrogen-bond acceptors (Lipinski definition) is 4. The molecule has 126 valence electrons. The summed E-state index contributed by atoms with van der Waals surface area (Å²) < 4.78 is 0. The Morgan fingerprint density at radius 2 is 2.08 bits per heavy atom. The molecule has 1 aromatic carbocycles. The molecule has 2 N–H and O–H groups in total. The fraction of sp³-hybridized carbons (Fsp3) is 0.389. The average Bonchev–Trinajstić information content (AvgIpc) is 3.23. The number of carbonyl (C=O) groups excluding carboxylic acids is 2. The maximum atomic E-state index is 12.8. The number of nitrogens with zero attached hydrogens (tertiary/aromatic N) is 2. The molecule has 0 bridgehead atoms. The maximum absolute atomic E-state index is 12.8. The number of likely N-dealkylation sites (tertiary alicyclic amines) is 1. The predicted octanol–water partition coefficient (Wildman–Crippen LogP) is 2.36. The number of primary amides is 1. The molecule has 5 nitrogen and oxygen atoms in total. The third kappa shape index (κ3) is 2.94. The van der Waals surface area contributed by atoms with Crippen LogP contribution in [0.25, 0.3) is 0 Å². The van der Waals surface area contributed by atoms with E-state index in [1.165, 1.54) is 11.3 Å². The van der Waals surface area contributed by atoms with Gasteiger partial charge in [0.25, 0.3) is 5.91 Å². The Hall–Kier alpha value is -2.21. The van der Waals surface area contributed by atoms with Gasteiger partial charge in [-0.1, -0.05) is 37.3 Å². The molecule has 0 aliphatic carbocycles. The van der Waals surface area contributed by atoms with E-state index in [1.54, 1.807) is 11.1 Å². The van der Waals surface area contributed by atoms with Crippen LogP contribution in [-0.4, -0.2) is 34.8 Å². The third-order valence-corrected chi connectivity index (χ3v) is 5.63. The van der Waals surface area contributed by atoms with Gasteiger partial charge in [-0.15, -0.1) is 11.3 Å². The van der Waals surface area contributed by atoms with Gasteiger partial charge in [0, 0.05) is 13.1 Å². The van der Waals surface area contributed by atoms with Crippen molar-refractivity contribution >= 4 is 23.2 Å². The largest absolute Gasteiger partial charge is 0.369 e. The Morgan fingerprint density at radius 3 is 2.75 bits per heavy atom. The number of aromatic nitrogens is 1. The second-order valence-electron chi connectivity index (χ2n) is 6.16. The van der Waals surface area contributed by atoms with E-state index < -0.39 is 5.41 Å². The van der Waals surface area contributed by atoms with E-state index in [2.05, 4.69) is 11.9 Å². The number of nitrogens with two attached hydrogens (primary N) is 1. The molecule has 2 heterocycles.